The SMILES string of the molecule is O=C(OO)OSc1ccccc1. The van der Waals surface area contributed by atoms with Gasteiger partial charge in [0.25, 0.3) is 0 Å². The minimum absolute atomic E-state index is 0.753. The normalized spacial score (nSPS) is 9.08. The molecule has 1 aromatic carbocycles. The van der Waals surface area contributed by atoms with Gasteiger partial charge in [-0.2, -0.15) is 10.1 Å². The third-order valence-electron chi connectivity index (χ3n) is 1.02. The Labute approximate surface area is 73.2 Å². The predicted molar refractivity (Wildman–Crippen MR) is 42.5 cm³/mol. The van der Waals surface area contributed by atoms with Crippen molar-refractivity contribution in [1.29, 1.82) is 0 Å². The number of carbonyl (C=O) groups is 1. The van der Waals surface area contributed by atoms with E-state index in [9.17, 15) is 4.79 Å². The Morgan fingerprint density at radius 2 is 2.00 bits per heavy atom. The van der Waals surface area contributed by atoms with Gasteiger partial charge in [-0.05, 0) is 12.1 Å². The van der Waals surface area contributed by atoms with Crippen molar-refractivity contribution >= 4 is 18.2 Å². The van der Waals surface area contributed by atoms with Gasteiger partial charge in [0.1, 0.15) is 0 Å². The first-order valence-corrected chi connectivity index (χ1v) is 3.82. The zero-order valence-electron chi connectivity index (χ0n) is 5.97. The third-order valence-corrected chi connectivity index (χ3v) is 1.71. The molecule has 0 aliphatic rings. The van der Waals surface area contributed by atoms with Crippen LogP contribution in [0.1, 0.15) is 0 Å². The van der Waals surface area contributed by atoms with Crippen LogP contribution in [0.25, 0.3) is 0 Å². The summed E-state index contributed by atoms with van der Waals surface area (Å²) in [4.78, 5) is 14.3. The van der Waals surface area contributed by atoms with E-state index in [0.717, 1.165) is 16.9 Å². The molecule has 0 atom stereocenters. The van der Waals surface area contributed by atoms with Crippen molar-refractivity contribution in [2.24, 2.45) is 0 Å². The van der Waals surface area contributed by atoms with Crippen LogP contribution in [0.3, 0.4) is 0 Å². The van der Waals surface area contributed by atoms with Crippen molar-refractivity contribution in [2.45, 2.75) is 4.90 Å². The first kappa shape index (κ1) is 8.89. The molecule has 0 fully saturated rings. The Bertz CT molecular complexity index is 249. The van der Waals surface area contributed by atoms with Gasteiger partial charge in [0, 0.05) is 4.90 Å². The summed E-state index contributed by atoms with van der Waals surface area (Å²) >= 11 is 0.819. The molecule has 0 bridgehead atoms. The summed E-state index contributed by atoms with van der Waals surface area (Å²) < 4.78 is 4.38. The van der Waals surface area contributed by atoms with Crippen LogP contribution in [0.15, 0.2) is 35.2 Å². The van der Waals surface area contributed by atoms with Crippen molar-refractivity contribution in [2.75, 3.05) is 0 Å². The molecule has 0 aliphatic carbocycles. The maximum absolute atomic E-state index is 10.3. The van der Waals surface area contributed by atoms with Gasteiger partial charge in [-0.3, -0.25) is 4.89 Å². The first-order chi connectivity index (χ1) is 5.83. The molecule has 0 unspecified atom stereocenters. The largest absolute Gasteiger partial charge is 0.553 e. The molecular weight excluding hydrogens is 180 g/mol. The average molecular weight is 186 g/mol. The molecule has 0 heterocycles. The van der Waals surface area contributed by atoms with E-state index in [1.807, 2.05) is 6.07 Å². The summed E-state index contributed by atoms with van der Waals surface area (Å²) in [5.41, 5.74) is 0. The number of hydrogen-bond acceptors (Lipinski definition) is 5. The van der Waals surface area contributed by atoms with Crippen LogP contribution in [0.4, 0.5) is 4.79 Å². The number of benzene rings is 1. The minimum Gasteiger partial charge on any atom is -0.352 e. The molecule has 0 aromatic heterocycles. The van der Waals surface area contributed by atoms with E-state index >= 15 is 0 Å². The lowest BCUT2D eigenvalue weighted by Crippen LogP contribution is -1.97. The third kappa shape index (κ3) is 2.81. The van der Waals surface area contributed by atoms with Crippen molar-refractivity contribution in [3.8, 4) is 0 Å². The van der Waals surface area contributed by atoms with E-state index in [1.54, 1.807) is 24.3 Å². The summed E-state index contributed by atoms with van der Waals surface area (Å²) in [7, 11) is 0. The fourth-order valence-electron chi connectivity index (χ4n) is 0.573. The Morgan fingerprint density at radius 1 is 1.33 bits per heavy atom. The summed E-state index contributed by atoms with van der Waals surface area (Å²) in [6.07, 6.45) is -1.14. The van der Waals surface area contributed by atoms with E-state index in [1.165, 1.54) is 0 Å². The molecule has 0 spiro atoms. The molecule has 1 aromatic rings. The maximum atomic E-state index is 10.3. The van der Waals surface area contributed by atoms with E-state index < -0.39 is 6.16 Å². The zero-order chi connectivity index (χ0) is 8.81. The first-order valence-electron chi connectivity index (χ1n) is 3.08. The number of carbonyl (C=O) groups excluding carboxylic acids is 1. The molecule has 1 N–H and O–H groups in total. The monoisotopic (exact) mass is 186 g/mol. The fraction of sp³-hybridized carbons (Fsp3) is 0. The highest BCUT2D eigenvalue weighted by molar-refractivity contribution is 7.95. The highest BCUT2D eigenvalue weighted by atomic mass is 32.2. The lowest BCUT2D eigenvalue weighted by molar-refractivity contribution is -0.190. The topological polar surface area (TPSA) is 55.8 Å². The van der Waals surface area contributed by atoms with Crippen LogP contribution in [-0.4, -0.2) is 11.4 Å². The van der Waals surface area contributed by atoms with Gasteiger partial charge in [0.2, 0.25) is 0 Å². The summed E-state index contributed by atoms with van der Waals surface area (Å²) in [6, 6.07) is 8.96. The van der Waals surface area contributed by atoms with Gasteiger partial charge >= 0.3 is 6.16 Å². The smallest absolute Gasteiger partial charge is 0.352 e. The van der Waals surface area contributed by atoms with Crippen LogP contribution >= 0.6 is 12.0 Å². The molecule has 0 saturated heterocycles. The molecule has 12 heavy (non-hydrogen) atoms. The molecule has 1 rings (SSSR count). The molecule has 0 aliphatic heterocycles. The molecular formula is C7H6O4S. The summed E-state index contributed by atoms with van der Waals surface area (Å²) in [6.45, 7) is 0. The van der Waals surface area contributed by atoms with Crippen molar-refractivity contribution in [3.05, 3.63) is 30.3 Å². The Morgan fingerprint density at radius 3 is 2.58 bits per heavy atom. The van der Waals surface area contributed by atoms with Crippen molar-refractivity contribution < 1.29 is 19.1 Å². The standard InChI is InChI=1S/C7H6O4S/c8-7(10-9)11-12-6-4-2-1-3-5-6/h1-5,9H. The fourth-order valence-corrected chi connectivity index (χ4v) is 1.04. The molecule has 64 valence electrons. The lowest BCUT2D eigenvalue weighted by Gasteiger charge is -1.97. The second kappa shape index (κ2) is 4.63. The molecule has 0 radical (unpaired) electrons. The molecule has 0 saturated carbocycles. The van der Waals surface area contributed by atoms with Crippen LogP contribution in [-0.2, 0) is 9.07 Å². The second-order valence-corrected chi connectivity index (χ2v) is 2.63. The van der Waals surface area contributed by atoms with E-state index in [-0.39, 0.29) is 0 Å². The van der Waals surface area contributed by atoms with Crippen LogP contribution in [0.5, 0.6) is 0 Å². The zero-order valence-corrected chi connectivity index (χ0v) is 6.78. The van der Waals surface area contributed by atoms with E-state index in [0.29, 0.717) is 0 Å². The van der Waals surface area contributed by atoms with Gasteiger partial charge in [0.05, 0.1) is 12.0 Å². The quantitative estimate of drug-likeness (QED) is 0.436. The highest BCUT2D eigenvalue weighted by Crippen LogP contribution is 2.18. The van der Waals surface area contributed by atoms with Gasteiger partial charge < -0.3 is 4.18 Å². The minimum atomic E-state index is -1.14. The number of rotatable bonds is 2. The molecule has 4 nitrogen and oxygen atoms in total. The van der Waals surface area contributed by atoms with E-state index in [2.05, 4.69) is 9.07 Å². The maximum Gasteiger partial charge on any atom is 0.553 e. The molecule has 5 heteroatoms. The van der Waals surface area contributed by atoms with E-state index in [4.69, 9.17) is 5.26 Å². The van der Waals surface area contributed by atoms with Gasteiger partial charge in [0.15, 0.2) is 0 Å². The number of hydrogen-bond donors (Lipinski definition) is 1. The Balaban J connectivity index is 2.38. The Hall–Kier alpha value is -1.20. The predicted octanol–water partition coefficient (Wildman–Crippen LogP) is 2.32. The highest BCUT2D eigenvalue weighted by Gasteiger charge is 2.03. The second-order valence-electron chi connectivity index (χ2n) is 1.82. The van der Waals surface area contributed by atoms with Gasteiger partial charge in [-0.15, -0.1) is 0 Å². The summed E-state index contributed by atoms with van der Waals surface area (Å²) in [5, 5.41) is 7.82. The lowest BCUT2D eigenvalue weighted by atomic mass is 10.4. The van der Waals surface area contributed by atoms with Gasteiger partial charge in [-0.25, -0.2) is 0 Å². The van der Waals surface area contributed by atoms with Gasteiger partial charge in [-0.1, -0.05) is 18.2 Å². The van der Waals surface area contributed by atoms with Crippen molar-refractivity contribution in [1.82, 2.24) is 0 Å². The molecule has 0 amide bonds. The average Bonchev–Trinajstić information content (AvgIpc) is 2.16. The summed E-state index contributed by atoms with van der Waals surface area (Å²) in [5.74, 6) is 0. The van der Waals surface area contributed by atoms with Crippen LogP contribution in [0, 0.1) is 0 Å². The van der Waals surface area contributed by atoms with Crippen molar-refractivity contribution in [3.63, 3.8) is 0 Å². The Kier molecular flexibility index (Phi) is 3.43. The van der Waals surface area contributed by atoms with Crippen LogP contribution in [0.2, 0.25) is 0 Å². The van der Waals surface area contributed by atoms with Crippen LogP contribution < -0.4 is 0 Å².